The number of nitrogens with zero attached hydrogens (tertiary/aromatic N) is 4. The normalized spacial score (nSPS) is 19.2. The van der Waals surface area contributed by atoms with Crippen molar-refractivity contribution < 1.29 is 9.59 Å². The first-order valence-corrected chi connectivity index (χ1v) is 8.22. The number of amides is 2. The predicted molar refractivity (Wildman–Crippen MR) is 91.5 cm³/mol. The fraction of sp³-hybridized carbons (Fsp3) is 0.389. The van der Waals surface area contributed by atoms with Gasteiger partial charge in [-0.1, -0.05) is 18.2 Å². The predicted octanol–water partition coefficient (Wildman–Crippen LogP) is 2.10. The van der Waals surface area contributed by atoms with Gasteiger partial charge in [0.15, 0.2) is 0 Å². The zero-order chi connectivity index (χ0) is 17.1. The van der Waals surface area contributed by atoms with Gasteiger partial charge in [-0.15, -0.1) is 0 Å². The number of carbonyl (C=O) groups excluding carboxylic acids is 2. The van der Waals surface area contributed by atoms with Gasteiger partial charge in [0.05, 0.1) is 0 Å². The van der Waals surface area contributed by atoms with Gasteiger partial charge < -0.3 is 9.80 Å². The Labute approximate surface area is 141 Å². The monoisotopic (exact) mass is 326 g/mol. The largest absolute Gasteiger partial charge is 0.332 e. The first-order valence-electron chi connectivity index (χ1n) is 8.22. The maximum Gasteiger partial charge on any atom is 0.249 e. The highest BCUT2D eigenvalue weighted by molar-refractivity contribution is 6.00. The minimum absolute atomic E-state index is 0.0176. The van der Waals surface area contributed by atoms with E-state index in [1.54, 1.807) is 46.9 Å². The molecular weight excluding hydrogens is 304 g/mol. The third-order valence-corrected chi connectivity index (χ3v) is 4.57. The van der Waals surface area contributed by atoms with E-state index >= 15 is 0 Å². The lowest BCUT2D eigenvalue weighted by atomic mass is 10.0. The molecule has 1 aromatic carbocycles. The third kappa shape index (κ3) is 3.04. The van der Waals surface area contributed by atoms with Crippen LogP contribution in [0.15, 0.2) is 48.8 Å². The van der Waals surface area contributed by atoms with Crippen molar-refractivity contribution in [2.24, 2.45) is 0 Å². The first kappa shape index (κ1) is 16.2. The highest BCUT2D eigenvalue weighted by Gasteiger charge is 2.36. The van der Waals surface area contributed by atoms with Crippen molar-refractivity contribution in [2.45, 2.75) is 31.8 Å². The Morgan fingerprint density at radius 2 is 2.04 bits per heavy atom. The molecule has 0 aliphatic carbocycles. The molecule has 0 saturated carbocycles. The second kappa shape index (κ2) is 6.86. The first-order chi connectivity index (χ1) is 11.6. The van der Waals surface area contributed by atoms with Gasteiger partial charge in [0.1, 0.15) is 12.1 Å². The summed E-state index contributed by atoms with van der Waals surface area (Å²) in [5.41, 5.74) is 0.883. The molecule has 6 nitrogen and oxygen atoms in total. The van der Waals surface area contributed by atoms with Crippen LogP contribution in [0.1, 0.15) is 25.8 Å². The van der Waals surface area contributed by atoms with E-state index in [-0.39, 0.29) is 11.8 Å². The van der Waals surface area contributed by atoms with Gasteiger partial charge in [0.2, 0.25) is 11.8 Å². The van der Waals surface area contributed by atoms with E-state index in [4.69, 9.17) is 0 Å². The van der Waals surface area contributed by atoms with Crippen LogP contribution in [0, 0.1) is 0 Å². The lowest BCUT2D eigenvalue weighted by Gasteiger charge is -2.37. The standard InChI is InChI=1S/C18H22N4O2/c1-14(22-13-7-11-19-22)17(23)20(2)16-10-6-12-21(18(16)24)15-8-4-3-5-9-15/h3-5,7-9,11,13-14,16H,6,10,12H2,1-2H3/t14-,16-/m0/s1. The fourth-order valence-corrected chi connectivity index (χ4v) is 3.15. The number of hydrogen-bond acceptors (Lipinski definition) is 3. The summed E-state index contributed by atoms with van der Waals surface area (Å²) < 4.78 is 1.61. The van der Waals surface area contributed by atoms with Gasteiger partial charge in [-0.2, -0.15) is 5.10 Å². The fourth-order valence-electron chi connectivity index (χ4n) is 3.15. The lowest BCUT2D eigenvalue weighted by Crippen LogP contribution is -2.54. The molecule has 1 aliphatic rings. The summed E-state index contributed by atoms with van der Waals surface area (Å²) in [7, 11) is 1.71. The minimum Gasteiger partial charge on any atom is -0.332 e. The maximum absolute atomic E-state index is 12.9. The van der Waals surface area contributed by atoms with Crippen molar-refractivity contribution in [2.75, 3.05) is 18.5 Å². The number of carbonyl (C=O) groups is 2. The molecule has 0 spiro atoms. The molecule has 0 N–H and O–H groups in total. The van der Waals surface area contributed by atoms with Crippen molar-refractivity contribution in [3.8, 4) is 0 Å². The number of rotatable bonds is 4. The van der Waals surface area contributed by atoms with E-state index in [0.29, 0.717) is 13.0 Å². The zero-order valence-corrected chi connectivity index (χ0v) is 14.0. The van der Waals surface area contributed by atoms with Crippen LogP contribution in [0.5, 0.6) is 0 Å². The second-order valence-electron chi connectivity index (χ2n) is 6.09. The summed E-state index contributed by atoms with van der Waals surface area (Å²) in [5, 5.41) is 4.12. The molecule has 2 heterocycles. The van der Waals surface area contributed by atoms with Crippen molar-refractivity contribution in [3.05, 3.63) is 48.8 Å². The third-order valence-electron chi connectivity index (χ3n) is 4.57. The number of anilines is 1. The molecule has 126 valence electrons. The Bertz CT molecular complexity index is 699. The number of likely N-dealkylation sites (N-methyl/N-ethyl adjacent to an activating group) is 1. The second-order valence-corrected chi connectivity index (χ2v) is 6.09. The average Bonchev–Trinajstić information content (AvgIpc) is 3.15. The summed E-state index contributed by atoms with van der Waals surface area (Å²) in [6.07, 6.45) is 4.97. The van der Waals surface area contributed by atoms with Gasteiger partial charge in [-0.3, -0.25) is 14.3 Å². The van der Waals surface area contributed by atoms with Crippen molar-refractivity contribution in [3.63, 3.8) is 0 Å². The Morgan fingerprint density at radius 3 is 2.71 bits per heavy atom. The van der Waals surface area contributed by atoms with Crippen molar-refractivity contribution in [1.29, 1.82) is 0 Å². The minimum atomic E-state index is -0.426. The lowest BCUT2D eigenvalue weighted by molar-refractivity contribution is -0.141. The summed E-state index contributed by atoms with van der Waals surface area (Å²) in [5.74, 6) is -0.122. The summed E-state index contributed by atoms with van der Waals surface area (Å²) in [6, 6.07) is 10.5. The van der Waals surface area contributed by atoms with Gasteiger partial charge in [0, 0.05) is 31.7 Å². The Hall–Kier alpha value is -2.63. The van der Waals surface area contributed by atoms with Crippen LogP contribution in [0.25, 0.3) is 0 Å². The molecule has 24 heavy (non-hydrogen) atoms. The highest BCUT2D eigenvalue weighted by Crippen LogP contribution is 2.24. The number of benzene rings is 1. The van der Waals surface area contributed by atoms with E-state index in [0.717, 1.165) is 12.1 Å². The SMILES string of the molecule is C[C@@H](C(=O)N(C)[C@H]1CCCN(c2ccccc2)C1=O)n1cccn1. The molecule has 1 aliphatic heterocycles. The zero-order valence-electron chi connectivity index (χ0n) is 14.0. The molecule has 0 unspecified atom stereocenters. The summed E-state index contributed by atoms with van der Waals surface area (Å²) in [6.45, 7) is 2.49. The number of hydrogen-bond donors (Lipinski definition) is 0. The maximum atomic E-state index is 12.9. The Kier molecular flexibility index (Phi) is 4.64. The van der Waals surface area contributed by atoms with Crippen LogP contribution < -0.4 is 4.90 Å². The molecule has 2 atom stereocenters. The number of aromatic nitrogens is 2. The molecule has 0 radical (unpaired) electrons. The van der Waals surface area contributed by atoms with Crippen LogP contribution in [0.3, 0.4) is 0 Å². The van der Waals surface area contributed by atoms with Crippen LogP contribution in [0.4, 0.5) is 5.69 Å². The molecule has 6 heteroatoms. The van der Waals surface area contributed by atoms with E-state index in [1.807, 2.05) is 30.3 Å². The van der Waals surface area contributed by atoms with Crippen LogP contribution >= 0.6 is 0 Å². The van der Waals surface area contributed by atoms with Gasteiger partial charge >= 0.3 is 0 Å². The van der Waals surface area contributed by atoms with E-state index < -0.39 is 12.1 Å². The topological polar surface area (TPSA) is 58.4 Å². The van der Waals surface area contributed by atoms with E-state index in [2.05, 4.69) is 5.10 Å². The number of piperidine rings is 1. The quantitative estimate of drug-likeness (QED) is 0.864. The molecule has 2 amide bonds. The Balaban J connectivity index is 1.75. The molecule has 1 fully saturated rings. The smallest absolute Gasteiger partial charge is 0.249 e. The summed E-state index contributed by atoms with van der Waals surface area (Å²) >= 11 is 0. The molecule has 2 aromatic rings. The molecule has 1 aromatic heterocycles. The van der Waals surface area contributed by atoms with Gasteiger partial charge in [0.25, 0.3) is 0 Å². The van der Waals surface area contributed by atoms with Crippen LogP contribution in [-0.2, 0) is 9.59 Å². The molecular formula is C18H22N4O2. The summed E-state index contributed by atoms with van der Waals surface area (Å²) in [4.78, 5) is 29.0. The average molecular weight is 326 g/mol. The molecule has 3 rings (SSSR count). The van der Waals surface area contributed by atoms with Crippen molar-refractivity contribution in [1.82, 2.24) is 14.7 Å². The molecule has 1 saturated heterocycles. The van der Waals surface area contributed by atoms with Gasteiger partial charge in [-0.05, 0) is 38.0 Å². The molecule has 0 bridgehead atoms. The van der Waals surface area contributed by atoms with Crippen molar-refractivity contribution >= 4 is 17.5 Å². The van der Waals surface area contributed by atoms with Gasteiger partial charge in [-0.25, -0.2) is 0 Å². The van der Waals surface area contributed by atoms with E-state index in [9.17, 15) is 9.59 Å². The van der Waals surface area contributed by atoms with Crippen LogP contribution in [-0.4, -0.2) is 46.1 Å². The highest BCUT2D eigenvalue weighted by atomic mass is 16.2. The van der Waals surface area contributed by atoms with E-state index in [1.165, 1.54) is 0 Å². The number of para-hydroxylation sites is 1. The Morgan fingerprint density at radius 1 is 1.29 bits per heavy atom. The van der Waals surface area contributed by atoms with Crippen LogP contribution in [0.2, 0.25) is 0 Å².